The second-order valence-corrected chi connectivity index (χ2v) is 4.98. The van der Waals surface area contributed by atoms with Crippen molar-refractivity contribution in [1.29, 1.82) is 0 Å². The van der Waals surface area contributed by atoms with Gasteiger partial charge in [-0.05, 0) is 42.5 Å². The topological polar surface area (TPSA) is 82.2 Å². The second-order valence-electron chi connectivity index (χ2n) is 4.98. The highest BCUT2D eigenvalue weighted by Crippen LogP contribution is 2.19. The summed E-state index contributed by atoms with van der Waals surface area (Å²) >= 11 is 0. The van der Waals surface area contributed by atoms with Crippen LogP contribution in [0, 0.1) is 5.82 Å². The van der Waals surface area contributed by atoms with Gasteiger partial charge in [-0.1, -0.05) is 0 Å². The van der Waals surface area contributed by atoms with E-state index >= 15 is 0 Å². The van der Waals surface area contributed by atoms with Crippen LogP contribution >= 0.6 is 0 Å². The van der Waals surface area contributed by atoms with Crippen LogP contribution in [0.4, 0.5) is 4.39 Å². The molecule has 5 nitrogen and oxygen atoms in total. The molecule has 0 aliphatic carbocycles. The van der Waals surface area contributed by atoms with E-state index in [9.17, 15) is 18.8 Å². The van der Waals surface area contributed by atoms with Gasteiger partial charge in [-0.3, -0.25) is 14.4 Å². The Labute approximate surface area is 129 Å². The number of nitrogens with two attached hydrogens (primary N) is 1. The molecular weight excluding hydrogens is 299 g/mol. The van der Waals surface area contributed by atoms with Crippen LogP contribution in [-0.4, -0.2) is 16.8 Å². The lowest BCUT2D eigenvalue weighted by atomic mass is 10.1. The van der Waals surface area contributed by atoms with E-state index in [2.05, 4.69) is 0 Å². The minimum Gasteiger partial charge on any atom is -0.365 e. The van der Waals surface area contributed by atoms with Crippen LogP contribution in [0.15, 0.2) is 53.5 Å². The first-order chi connectivity index (χ1) is 11.0. The van der Waals surface area contributed by atoms with Crippen molar-refractivity contribution in [2.75, 3.05) is 0 Å². The summed E-state index contributed by atoms with van der Waals surface area (Å²) in [6, 6.07) is 10.1. The molecule has 0 aliphatic heterocycles. The van der Waals surface area contributed by atoms with E-state index in [1.54, 1.807) is 16.7 Å². The lowest BCUT2D eigenvalue weighted by molar-refractivity contribution is 0.0998. The van der Waals surface area contributed by atoms with Crippen LogP contribution in [0.1, 0.15) is 20.7 Å². The summed E-state index contributed by atoms with van der Waals surface area (Å²) in [5.41, 5.74) is 5.86. The maximum Gasteiger partial charge on any atom is 0.254 e. The van der Waals surface area contributed by atoms with Crippen LogP contribution in [-0.2, 0) is 0 Å². The first-order valence-corrected chi connectivity index (χ1v) is 6.71. The van der Waals surface area contributed by atoms with Gasteiger partial charge in [-0.2, -0.15) is 0 Å². The highest BCUT2D eigenvalue weighted by Gasteiger charge is 2.14. The Balaban J connectivity index is 2.43. The Morgan fingerprint density at radius 2 is 1.83 bits per heavy atom. The molecular formula is C17H11FN2O3. The van der Waals surface area contributed by atoms with E-state index in [-0.39, 0.29) is 10.9 Å². The molecule has 2 aromatic carbocycles. The van der Waals surface area contributed by atoms with Crippen molar-refractivity contribution in [1.82, 2.24) is 4.57 Å². The lowest BCUT2D eigenvalue weighted by Gasteiger charge is -2.13. The number of pyridine rings is 1. The predicted octanol–water partition coefficient (Wildman–Crippen LogP) is 2.04. The molecule has 3 rings (SSSR count). The summed E-state index contributed by atoms with van der Waals surface area (Å²) in [6.45, 7) is 0. The summed E-state index contributed by atoms with van der Waals surface area (Å²) in [5, 5.41) is 0.190. The van der Waals surface area contributed by atoms with Crippen LogP contribution < -0.4 is 11.2 Å². The quantitative estimate of drug-likeness (QED) is 0.752. The average Bonchev–Trinajstić information content (AvgIpc) is 2.55. The molecule has 114 valence electrons. The minimum atomic E-state index is -0.871. The standard InChI is InChI=1S/C17H11FN2O3/c18-11-2-4-12(5-3-11)20-8-14(17(19)23)16(22)13-7-10(9-21)1-6-15(13)20/h1-9H,(H2,19,23). The Morgan fingerprint density at radius 3 is 2.43 bits per heavy atom. The fourth-order valence-electron chi connectivity index (χ4n) is 2.41. The van der Waals surface area contributed by atoms with Crippen molar-refractivity contribution in [3.63, 3.8) is 0 Å². The average molecular weight is 310 g/mol. The molecule has 3 aromatic rings. The van der Waals surface area contributed by atoms with Crippen molar-refractivity contribution >= 4 is 23.1 Å². The molecule has 0 fully saturated rings. The highest BCUT2D eigenvalue weighted by molar-refractivity contribution is 5.97. The number of primary amides is 1. The maximum absolute atomic E-state index is 13.1. The van der Waals surface area contributed by atoms with E-state index in [1.165, 1.54) is 36.5 Å². The number of halogens is 1. The number of hydrogen-bond acceptors (Lipinski definition) is 3. The number of benzene rings is 2. The molecule has 0 atom stereocenters. The number of aldehydes is 1. The van der Waals surface area contributed by atoms with Gasteiger partial charge in [0.2, 0.25) is 5.43 Å². The van der Waals surface area contributed by atoms with Crippen molar-refractivity contribution in [2.24, 2.45) is 5.73 Å². The van der Waals surface area contributed by atoms with Gasteiger partial charge in [0.05, 0.1) is 5.52 Å². The van der Waals surface area contributed by atoms with Crippen LogP contribution in [0.3, 0.4) is 0 Å². The normalized spacial score (nSPS) is 10.7. The predicted molar refractivity (Wildman–Crippen MR) is 83.4 cm³/mol. The molecule has 1 amide bonds. The van der Waals surface area contributed by atoms with Crippen LogP contribution in [0.2, 0.25) is 0 Å². The summed E-state index contributed by atoms with van der Waals surface area (Å²) in [5.74, 6) is -1.28. The lowest BCUT2D eigenvalue weighted by Crippen LogP contribution is -2.24. The number of carbonyl (C=O) groups is 2. The fraction of sp³-hybridized carbons (Fsp3) is 0. The monoisotopic (exact) mass is 310 g/mol. The summed E-state index contributed by atoms with van der Waals surface area (Å²) in [6.07, 6.45) is 1.93. The largest absolute Gasteiger partial charge is 0.365 e. The SMILES string of the molecule is NC(=O)c1cn(-c2ccc(F)cc2)c2ccc(C=O)cc2c1=O. The first kappa shape index (κ1) is 14.6. The molecule has 2 N–H and O–H groups in total. The van der Waals surface area contributed by atoms with Gasteiger partial charge in [-0.15, -0.1) is 0 Å². The molecule has 0 bridgehead atoms. The molecule has 0 aliphatic rings. The van der Waals surface area contributed by atoms with E-state index in [1.807, 2.05) is 0 Å². The summed E-state index contributed by atoms with van der Waals surface area (Å²) < 4.78 is 14.7. The van der Waals surface area contributed by atoms with Crippen LogP contribution in [0.5, 0.6) is 0 Å². The number of hydrogen-bond donors (Lipinski definition) is 1. The molecule has 0 unspecified atom stereocenters. The number of amides is 1. The second kappa shape index (κ2) is 5.49. The van der Waals surface area contributed by atoms with Crippen LogP contribution in [0.25, 0.3) is 16.6 Å². The van der Waals surface area contributed by atoms with Gasteiger partial charge >= 0.3 is 0 Å². The number of nitrogens with zero attached hydrogens (tertiary/aromatic N) is 1. The number of carbonyl (C=O) groups excluding carboxylic acids is 2. The number of rotatable bonds is 3. The molecule has 0 radical (unpaired) electrons. The maximum atomic E-state index is 13.1. The minimum absolute atomic E-state index is 0.190. The van der Waals surface area contributed by atoms with Gasteiger partial charge in [0, 0.05) is 22.8 Å². The Kier molecular flexibility index (Phi) is 3.50. The smallest absolute Gasteiger partial charge is 0.254 e. The first-order valence-electron chi connectivity index (χ1n) is 6.71. The number of fused-ring (bicyclic) bond motifs is 1. The molecule has 0 saturated carbocycles. The summed E-state index contributed by atoms with van der Waals surface area (Å²) in [4.78, 5) is 34.9. The molecule has 6 heteroatoms. The van der Waals surface area contributed by atoms with E-state index in [0.29, 0.717) is 23.1 Å². The zero-order valence-electron chi connectivity index (χ0n) is 11.8. The molecule has 0 spiro atoms. The van der Waals surface area contributed by atoms with Crippen molar-refractivity contribution in [3.8, 4) is 5.69 Å². The zero-order chi connectivity index (χ0) is 16.6. The van der Waals surface area contributed by atoms with Gasteiger partial charge < -0.3 is 10.3 Å². The van der Waals surface area contributed by atoms with Crippen molar-refractivity contribution < 1.29 is 14.0 Å². The van der Waals surface area contributed by atoms with E-state index < -0.39 is 17.2 Å². The van der Waals surface area contributed by atoms with Gasteiger partial charge in [0.1, 0.15) is 17.7 Å². The van der Waals surface area contributed by atoms with Gasteiger partial charge in [-0.25, -0.2) is 4.39 Å². The van der Waals surface area contributed by atoms with Crippen molar-refractivity contribution in [3.05, 3.63) is 75.8 Å². The third kappa shape index (κ3) is 2.50. The zero-order valence-corrected chi connectivity index (χ0v) is 11.8. The van der Waals surface area contributed by atoms with Crippen molar-refractivity contribution in [2.45, 2.75) is 0 Å². The fourth-order valence-corrected chi connectivity index (χ4v) is 2.41. The van der Waals surface area contributed by atoms with E-state index in [4.69, 9.17) is 5.73 Å². The van der Waals surface area contributed by atoms with Gasteiger partial charge in [0.15, 0.2) is 0 Å². The highest BCUT2D eigenvalue weighted by atomic mass is 19.1. The third-order valence-electron chi connectivity index (χ3n) is 3.53. The molecule has 1 aromatic heterocycles. The number of aromatic nitrogens is 1. The Hall–Kier alpha value is -3.28. The van der Waals surface area contributed by atoms with Gasteiger partial charge in [0.25, 0.3) is 5.91 Å². The Bertz CT molecular complexity index is 991. The summed E-state index contributed by atoms with van der Waals surface area (Å²) in [7, 11) is 0. The molecule has 0 saturated heterocycles. The molecule has 1 heterocycles. The third-order valence-corrected chi connectivity index (χ3v) is 3.53. The Morgan fingerprint density at radius 1 is 1.13 bits per heavy atom. The molecule has 23 heavy (non-hydrogen) atoms. The van der Waals surface area contributed by atoms with E-state index in [0.717, 1.165) is 0 Å².